The molecule has 0 aliphatic heterocycles. The molecular weight excluding hydrogens is 222 g/mol. The summed E-state index contributed by atoms with van der Waals surface area (Å²) in [5.41, 5.74) is 0.953. The molecule has 0 unspecified atom stereocenters. The Labute approximate surface area is 99.5 Å². The van der Waals surface area contributed by atoms with Crippen molar-refractivity contribution in [1.82, 2.24) is 4.98 Å². The first-order valence-electron chi connectivity index (χ1n) is 5.13. The molecule has 0 amide bonds. The Morgan fingerprint density at radius 1 is 1.38 bits per heavy atom. The number of hydrogen-bond donors (Lipinski definition) is 0. The van der Waals surface area contributed by atoms with E-state index in [4.69, 9.17) is 16.3 Å². The number of pyridine rings is 1. The molecule has 0 spiro atoms. The Morgan fingerprint density at radius 2 is 2.25 bits per heavy atom. The molecule has 0 saturated carbocycles. The van der Waals surface area contributed by atoms with Gasteiger partial charge in [-0.1, -0.05) is 23.7 Å². The molecule has 0 radical (unpaired) electrons. The minimum absolute atomic E-state index is 0.658. The Kier molecular flexibility index (Phi) is 3.42. The first kappa shape index (κ1) is 11.0. The highest BCUT2D eigenvalue weighted by atomic mass is 35.5. The second kappa shape index (κ2) is 4.99. The van der Waals surface area contributed by atoms with Gasteiger partial charge in [-0.05, 0) is 24.6 Å². The molecule has 0 atom stereocenters. The van der Waals surface area contributed by atoms with Crippen molar-refractivity contribution in [3.63, 3.8) is 0 Å². The molecule has 82 valence electrons. The number of hydrogen-bond acceptors (Lipinski definition) is 2. The highest BCUT2D eigenvalue weighted by Crippen LogP contribution is 2.27. The standard InChI is InChI=1S/C13H12ClNO/c1-2-16-8-6-10-3-4-11-9-15-7-5-12(11)13(10)14/h3-9H,2H2,1H3. The molecule has 0 N–H and O–H groups in total. The van der Waals surface area contributed by atoms with Crippen LogP contribution in [-0.4, -0.2) is 11.6 Å². The summed E-state index contributed by atoms with van der Waals surface area (Å²) in [6, 6.07) is 5.87. The topological polar surface area (TPSA) is 22.1 Å². The summed E-state index contributed by atoms with van der Waals surface area (Å²) < 4.78 is 5.15. The van der Waals surface area contributed by atoms with Crippen molar-refractivity contribution in [2.45, 2.75) is 6.92 Å². The zero-order valence-electron chi connectivity index (χ0n) is 8.98. The van der Waals surface area contributed by atoms with Crippen molar-refractivity contribution < 1.29 is 4.74 Å². The Bertz CT molecular complexity index is 522. The van der Waals surface area contributed by atoms with Crippen LogP contribution in [0.3, 0.4) is 0 Å². The van der Waals surface area contributed by atoms with Gasteiger partial charge in [-0.3, -0.25) is 4.98 Å². The maximum atomic E-state index is 6.29. The minimum atomic E-state index is 0.658. The first-order valence-corrected chi connectivity index (χ1v) is 5.51. The maximum absolute atomic E-state index is 6.29. The number of ether oxygens (including phenoxy) is 1. The molecule has 0 aliphatic rings. The molecule has 0 bridgehead atoms. The molecule has 2 aromatic rings. The van der Waals surface area contributed by atoms with Crippen LogP contribution in [0, 0.1) is 0 Å². The van der Waals surface area contributed by atoms with Crippen molar-refractivity contribution in [2.75, 3.05) is 6.61 Å². The van der Waals surface area contributed by atoms with Crippen LogP contribution in [0.15, 0.2) is 36.9 Å². The average Bonchev–Trinajstić information content (AvgIpc) is 2.33. The van der Waals surface area contributed by atoms with Crippen molar-refractivity contribution >= 4 is 28.4 Å². The summed E-state index contributed by atoms with van der Waals surface area (Å²) in [6.07, 6.45) is 7.07. The number of aromatic nitrogens is 1. The van der Waals surface area contributed by atoms with Crippen LogP contribution < -0.4 is 0 Å². The number of nitrogens with zero attached hydrogens (tertiary/aromatic N) is 1. The second-order valence-corrected chi connectivity index (χ2v) is 3.70. The number of rotatable bonds is 3. The number of benzene rings is 1. The van der Waals surface area contributed by atoms with Crippen molar-refractivity contribution in [2.24, 2.45) is 0 Å². The SMILES string of the molecule is CCOC=Cc1ccc2cnccc2c1Cl. The van der Waals surface area contributed by atoms with Gasteiger partial charge in [-0.15, -0.1) is 0 Å². The van der Waals surface area contributed by atoms with Crippen LogP contribution in [0.2, 0.25) is 5.02 Å². The fourth-order valence-electron chi connectivity index (χ4n) is 1.49. The lowest BCUT2D eigenvalue weighted by Gasteiger charge is -2.03. The van der Waals surface area contributed by atoms with Gasteiger partial charge in [-0.25, -0.2) is 0 Å². The minimum Gasteiger partial charge on any atom is -0.501 e. The van der Waals surface area contributed by atoms with E-state index in [1.165, 1.54) is 0 Å². The third-order valence-corrected chi connectivity index (χ3v) is 2.72. The predicted molar refractivity (Wildman–Crippen MR) is 67.4 cm³/mol. The van der Waals surface area contributed by atoms with E-state index in [2.05, 4.69) is 4.98 Å². The fourth-order valence-corrected chi connectivity index (χ4v) is 1.79. The molecule has 1 aromatic heterocycles. The fraction of sp³-hybridized carbons (Fsp3) is 0.154. The average molecular weight is 234 g/mol. The molecule has 2 rings (SSSR count). The van der Waals surface area contributed by atoms with Crippen LogP contribution in [0.1, 0.15) is 12.5 Å². The molecule has 16 heavy (non-hydrogen) atoms. The molecule has 0 aliphatic carbocycles. The maximum Gasteiger partial charge on any atom is 0.0845 e. The van der Waals surface area contributed by atoms with Crippen LogP contribution in [0.25, 0.3) is 16.8 Å². The summed E-state index contributed by atoms with van der Waals surface area (Å²) in [5.74, 6) is 0. The van der Waals surface area contributed by atoms with Gasteiger partial charge in [-0.2, -0.15) is 0 Å². The zero-order chi connectivity index (χ0) is 11.4. The molecule has 3 heteroatoms. The molecular formula is C13H12ClNO. The third kappa shape index (κ3) is 2.17. The largest absolute Gasteiger partial charge is 0.501 e. The number of halogens is 1. The molecule has 1 aromatic carbocycles. The van der Waals surface area contributed by atoms with Crippen molar-refractivity contribution in [3.8, 4) is 0 Å². The van der Waals surface area contributed by atoms with Crippen LogP contribution in [0.4, 0.5) is 0 Å². The normalized spacial score (nSPS) is 11.1. The Hall–Kier alpha value is -1.54. The van der Waals surface area contributed by atoms with Gasteiger partial charge in [0, 0.05) is 23.2 Å². The summed E-state index contributed by atoms with van der Waals surface area (Å²) in [5, 5.41) is 2.78. The van der Waals surface area contributed by atoms with Gasteiger partial charge in [0.2, 0.25) is 0 Å². The van der Waals surface area contributed by atoms with Crippen LogP contribution in [0.5, 0.6) is 0 Å². The second-order valence-electron chi connectivity index (χ2n) is 3.32. The van der Waals surface area contributed by atoms with Gasteiger partial charge in [0.05, 0.1) is 17.9 Å². The highest BCUT2D eigenvalue weighted by Gasteiger charge is 2.02. The lowest BCUT2D eigenvalue weighted by Crippen LogP contribution is -1.82. The monoisotopic (exact) mass is 233 g/mol. The van der Waals surface area contributed by atoms with E-state index >= 15 is 0 Å². The summed E-state index contributed by atoms with van der Waals surface area (Å²) in [7, 11) is 0. The smallest absolute Gasteiger partial charge is 0.0845 e. The lowest BCUT2D eigenvalue weighted by atomic mass is 10.1. The Balaban J connectivity index is 2.44. The van der Waals surface area contributed by atoms with Gasteiger partial charge in [0.15, 0.2) is 0 Å². The predicted octanol–water partition coefficient (Wildman–Crippen LogP) is 3.90. The molecule has 1 heterocycles. The summed E-state index contributed by atoms with van der Waals surface area (Å²) in [6.45, 7) is 2.60. The lowest BCUT2D eigenvalue weighted by molar-refractivity contribution is 0.272. The van der Waals surface area contributed by atoms with E-state index in [0.29, 0.717) is 6.61 Å². The third-order valence-electron chi connectivity index (χ3n) is 2.29. The van der Waals surface area contributed by atoms with E-state index < -0.39 is 0 Å². The highest BCUT2D eigenvalue weighted by molar-refractivity contribution is 6.37. The van der Waals surface area contributed by atoms with Crippen molar-refractivity contribution in [3.05, 3.63) is 47.4 Å². The summed E-state index contributed by atoms with van der Waals surface area (Å²) in [4.78, 5) is 4.06. The van der Waals surface area contributed by atoms with E-state index in [0.717, 1.165) is 21.4 Å². The van der Waals surface area contributed by atoms with E-state index in [-0.39, 0.29) is 0 Å². The summed E-state index contributed by atoms with van der Waals surface area (Å²) >= 11 is 6.29. The van der Waals surface area contributed by atoms with E-state index in [1.807, 2.05) is 31.2 Å². The van der Waals surface area contributed by atoms with Crippen molar-refractivity contribution in [1.29, 1.82) is 0 Å². The zero-order valence-corrected chi connectivity index (χ0v) is 9.74. The van der Waals surface area contributed by atoms with Gasteiger partial charge < -0.3 is 4.74 Å². The molecule has 2 nitrogen and oxygen atoms in total. The van der Waals surface area contributed by atoms with Crippen LogP contribution in [-0.2, 0) is 4.74 Å². The van der Waals surface area contributed by atoms with Crippen LogP contribution >= 0.6 is 11.6 Å². The molecule has 0 saturated heterocycles. The first-order chi connectivity index (χ1) is 7.83. The Morgan fingerprint density at radius 3 is 3.06 bits per heavy atom. The van der Waals surface area contributed by atoms with Gasteiger partial charge in [0.25, 0.3) is 0 Å². The molecule has 0 fully saturated rings. The van der Waals surface area contributed by atoms with E-state index in [1.54, 1.807) is 18.7 Å². The van der Waals surface area contributed by atoms with Gasteiger partial charge in [0.1, 0.15) is 0 Å². The quantitative estimate of drug-likeness (QED) is 0.751. The van der Waals surface area contributed by atoms with Gasteiger partial charge >= 0.3 is 0 Å². The number of fused-ring (bicyclic) bond motifs is 1. The van der Waals surface area contributed by atoms with E-state index in [9.17, 15) is 0 Å².